The highest BCUT2D eigenvalue weighted by Crippen LogP contribution is 2.24. The van der Waals surface area contributed by atoms with E-state index in [2.05, 4.69) is 29.6 Å². The van der Waals surface area contributed by atoms with E-state index in [4.69, 9.17) is 4.74 Å². The molecule has 3 aromatic rings. The molecule has 0 aliphatic heterocycles. The van der Waals surface area contributed by atoms with Gasteiger partial charge in [-0.05, 0) is 23.3 Å². The minimum atomic E-state index is -0.130. The fourth-order valence-corrected chi connectivity index (χ4v) is 2.92. The molecule has 1 N–H and O–H groups in total. The number of benzene rings is 3. The van der Waals surface area contributed by atoms with Gasteiger partial charge >= 0.3 is 0 Å². The molecule has 0 bridgehead atoms. The van der Waals surface area contributed by atoms with Crippen LogP contribution in [0.3, 0.4) is 0 Å². The van der Waals surface area contributed by atoms with E-state index in [-0.39, 0.29) is 11.8 Å². The van der Waals surface area contributed by atoms with Crippen molar-refractivity contribution in [2.24, 2.45) is 0 Å². The molecule has 0 saturated heterocycles. The highest BCUT2D eigenvalue weighted by Gasteiger charge is 2.17. The Morgan fingerprint density at radius 1 is 0.840 bits per heavy atom. The van der Waals surface area contributed by atoms with E-state index < -0.39 is 0 Å². The topological polar surface area (TPSA) is 38.3 Å². The normalized spacial score (nSPS) is 10.5. The average Bonchev–Trinajstić information content (AvgIpc) is 2.69. The predicted molar refractivity (Wildman–Crippen MR) is 100 cm³/mol. The molecule has 25 heavy (non-hydrogen) atoms. The first-order chi connectivity index (χ1) is 12.3. The second kappa shape index (κ2) is 8.15. The monoisotopic (exact) mass is 331 g/mol. The van der Waals surface area contributed by atoms with Crippen LogP contribution in [0.15, 0.2) is 84.9 Å². The molecule has 0 spiro atoms. The fourth-order valence-electron chi connectivity index (χ4n) is 2.92. The van der Waals surface area contributed by atoms with E-state index in [0.717, 1.165) is 0 Å². The first-order valence-electron chi connectivity index (χ1n) is 8.30. The molecule has 0 atom stereocenters. The molecule has 0 radical (unpaired) electrons. The maximum Gasteiger partial charge on any atom is 0.255 e. The van der Waals surface area contributed by atoms with Gasteiger partial charge in [0.05, 0.1) is 12.7 Å². The standard InChI is InChI=1S/C22H21NO2/c1-25-21-15-9-8-14-19(21)22(24)23-16-20(17-10-4-2-5-11-17)18-12-6-3-7-13-18/h2-15,20H,16H2,1H3,(H,23,24). The maximum atomic E-state index is 12.6. The van der Waals surface area contributed by atoms with Crippen LogP contribution >= 0.6 is 0 Å². The number of amides is 1. The van der Waals surface area contributed by atoms with Crippen LogP contribution in [0.4, 0.5) is 0 Å². The van der Waals surface area contributed by atoms with Crippen LogP contribution in [0.1, 0.15) is 27.4 Å². The maximum absolute atomic E-state index is 12.6. The smallest absolute Gasteiger partial charge is 0.255 e. The van der Waals surface area contributed by atoms with Crippen LogP contribution in [0.2, 0.25) is 0 Å². The summed E-state index contributed by atoms with van der Waals surface area (Å²) in [5.41, 5.74) is 2.90. The van der Waals surface area contributed by atoms with E-state index in [1.165, 1.54) is 11.1 Å². The molecule has 1 amide bonds. The number of methoxy groups -OCH3 is 1. The van der Waals surface area contributed by atoms with Gasteiger partial charge in [-0.1, -0.05) is 72.8 Å². The number of ether oxygens (including phenoxy) is 1. The van der Waals surface area contributed by atoms with Crippen molar-refractivity contribution in [3.05, 3.63) is 102 Å². The first-order valence-corrected chi connectivity index (χ1v) is 8.30. The van der Waals surface area contributed by atoms with Crippen LogP contribution < -0.4 is 10.1 Å². The summed E-state index contributed by atoms with van der Waals surface area (Å²) in [5.74, 6) is 0.548. The Hall–Kier alpha value is -3.07. The van der Waals surface area contributed by atoms with Crippen molar-refractivity contribution in [1.82, 2.24) is 5.32 Å². The average molecular weight is 331 g/mol. The Labute approximate surface area is 148 Å². The molecule has 0 aliphatic rings. The molecular weight excluding hydrogens is 310 g/mol. The SMILES string of the molecule is COc1ccccc1C(=O)NCC(c1ccccc1)c1ccccc1. The Bertz CT molecular complexity index is 776. The van der Waals surface area contributed by atoms with Crippen molar-refractivity contribution in [3.8, 4) is 5.75 Å². The summed E-state index contributed by atoms with van der Waals surface area (Å²) in [4.78, 5) is 12.6. The van der Waals surface area contributed by atoms with Gasteiger partial charge in [-0.3, -0.25) is 4.79 Å². The Morgan fingerprint density at radius 3 is 1.92 bits per heavy atom. The molecule has 3 aromatic carbocycles. The van der Waals surface area contributed by atoms with Gasteiger partial charge in [0.2, 0.25) is 0 Å². The number of para-hydroxylation sites is 1. The van der Waals surface area contributed by atoms with Gasteiger partial charge in [0.15, 0.2) is 0 Å². The first kappa shape index (κ1) is 16.8. The van der Waals surface area contributed by atoms with Crippen molar-refractivity contribution >= 4 is 5.91 Å². The van der Waals surface area contributed by atoms with Gasteiger partial charge in [-0.15, -0.1) is 0 Å². The minimum absolute atomic E-state index is 0.0982. The molecule has 0 unspecified atom stereocenters. The number of carbonyl (C=O) groups excluding carboxylic acids is 1. The summed E-state index contributed by atoms with van der Waals surface area (Å²) in [6, 6.07) is 27.7. The predicted octanol–water partition coefficient (Wildman–Crippen LogP) is 4.26. The third-order valence-corrected chi connectivity index (χ3v) is 4.22. The van der Waals surface area contributed by atoms with Crippen molar-refractivity contribution in [1.29, 1.82) is 0 Å². The highest BCUT2D eigenvalue weighted by atomic mass is 16.5. The highest BCUT2D eigenvalue weighted by molar-refractivity contribution is 5.96. The van der Waals surface area contributed by atoms with Crippen molar-refractivity contribution in [2.45, 2.75) is 5.92 Å². The van der Waals surface area contributed by atoms with Crippen LogP contribution in [0.25, 0.3) is 0 Å². The van der Waals surface area contributed by atoms with Gasteiger partial charge in [0.25, 0.3) is 5.91 Å². The van der Waals surface area contributed by atoms with Crippen LogP contribution in [0.5, 0.6) is 5.75 Å². The molecule has 126 valence electrons. The largest absolute Gasteiger partial charge is 0.496 e. The second-order valence-electron chi connectivity index (χ2n) is 5.78. The summed E-state index contributed by atoms with van der Waals surface area (Å²) >= 11 is 0. The molecular formula is C22H21NO2. The number of hydrogen-bond donors (Lipinski definition) is 1. The number of hydrogen-bond acceptors (Lipinski definition) is 2. The van der Waals surface area contributed by atoms with Gasteiger partial charge in [0, 0.05) is 12.5 Å². The fraction of sp³-hybridized carbons (Fsp3) is 0.136. The lowest BCUT2D eigenvalue weighted by Crippen LogP contribution is -2.29. The third-order valence-electron chi connectivity index (χ3n) is 4.22. The van der Waals surface area contributed by atoms with E-state index >= 15 is 0 Å². The molecule has 0 fully saturated rings. The number of rotatable bonds is 6. The Morgan fingerprint density at radius 2 is 1.36 bits per heavy atom. The summed E-state index contributed by atoms with van der Waals surface area (Å²) in [6.45, 7) is 0.519. The molecule has 0 heterocycles. The molecule has 0 aliphatic carbocycles. The lowest BCUT2D eigenvalue weighted by Gasteiger charge is -2.19. The number of carbonyl (C=O) groups is 1. The summed E-state index contributed by atoms with van der Waals surface area (Å²) < 4.78 is 5.28. The van der Waals surface area contributed by atoms with E-state index in [1.54, 1.807) is 19.2 Å². The van der Waals surface area contributed by atoms with Crippen molar-refractivity contribution in [3.63, 3.8) is 0 Å². The molecule has 0 aromatic heterocycles. The third kappa shape index (κ3) is 4.07. The Kier molecular flexibility index (Phi) is 5.47. The quantitative estimate of drug-likeness (QED) is 0.733. The van der Waals surface area contributed by atoms with Gasteiger partial charge in [-0.2, -0.15) is 0 Å². The lowest BCUT2D eigenvalue weighted by atomic mass is 9.91. The molecule has 0 saturated carbocycles. The van der Waals surface area contributed by atoms with Gasteiger partial charge in [0.1, 0.15) is 5.75 Å². The van der Waals surface area contributed by atoms with E-state index in [9.17, 15) is 4.79 Å². The molecule has 3 nitrogen and oxygen atoms in total. The zero-order valence-electron chi connectivity index (χ0n) is 14.2. The van der Waals surface area contributed by atoms with Crippen LogP contribution in [-0.2, 0) is 0 Å². The van der Waals surface area contributed by atoms with E-state index in [1.807, 2.05) is 48.5 Å². The summed E-state index contributed by atoms with van der Waals surface area (Å²) in [7, 11) is 1.57. The molecule has 3 heteroatoms. The zero-order valence-corrected chi connectivity index (χ0v) is 14.2. The second-order valence-corrected chi connectivity index (χ2v) is 5.78. The summed E-state index contributed by atoms with van der Waals surface area (Å²) in [6.07, 6.45) is 0. The Balaban J connectivity index is 1.81. The minimum Gasteiger partial charge on any atom is -0.496 e. The van der Waals surface area contributed by atoms with Crippen molar-refractivity contribution in [2.75, 3.05) is 13.7 Å². The van der Waals surface area contributed by atoms with E-state index in [0.29, 0.717) is 17.9 Å². The van der Waals surface area contributed by atoms with Gasteiger partial charge in [-0.25, -0.2) is 0 Å². The van der Waals surface area contributed by atoms with Crippen LogP contribution in [-0.4, -0.2) is 19.6 Å². The number of nitrogens with one attached hydrogen (secondary N) is 1. The van der Waals surface area contributed by atoms with Crippen molar-refractivity contribution < 1.29 is 9.53 Å². The van der Waals surface area contributed by atoms with Gasteiger partial charge < -0.3 is 10.1 Å². The zero-order chi connectivity index (χ0) is 17.5. The lowest BCUT2D eigenvalue weighted by molar-refractivity contribution is 0.0949. The molecule has 3 rings (SSSR count). The summed E-state index contributed by atoms with van der Waals surface area (Å²) in [5, 5.41) is 3.05. The van der Waals surface area contributed by atoms with Crippen LogP contribution in [0, 0.1) is 0 Å².